The predicted molar refractivity (Wildman–Crippen MR) is 94.3 cm³/mol. The molecule has 0 spiro atoms. The number of ether oxygens (including phenoxy) is 1. The zero-order valence-corrected chi connectivity index (χ0v) is 15.1. The van der Waals surface area contributed by atoms with Crippen molar-refractivity contribution in [2.24, 2.45) is 5.92 Å². The van der Waals surface area contributed by atoms with E-state index in [2.05, 4.69) is 6.07 Å². The third kappa shape index (κ3) is 4.98. The van der Waals surface area contributed by atoms with Gasteiger partial charge in [0.25, 0.3) is 0 Å². The van der Waals surface area contributed by atoms with Crippen LogP contribution in [0.5, 0.6) is 0 Å². The number of aliphatic carboxylic acids is 1. The van der Waals surface area contributed by atoms with Crippen LogP contribution in [0.25, 0.3) is 0 Å². The van der Waals surface area contributed by atoms with Gasteiger partial charge < -0.3 is 14.7 Å². The Hall–Kier alpha value is -1.53. The van der Waals surface area contributed by atoms with Crippen molar-refractivity contribution in [1.29, 1.82) is 0 Å². The number of rotatable bonds is 9. The van der Waals surface area contributed by atoms with Crippen molar-refractivity contribution >= 4 is 23.6 Å². The molecule has 0 saturated heterocycles. The van der Waals surface area contributed by atoms with Crippen LogP contribution in [-0.2, 0) is 20.7 Å². The molecule has 1 aromatic rings. The number of benzene rings is 1. The Balaban J connectivity index is 1.99. The SMILES string of the molecule is CCOCCCN(CC(C)C(=O)O)C(=O)C1Cc2ccccc2S1. The van der Waals surface area contributed by atoms with Crippen molar-refractivity contribution in [2.45, 2.75) is 36.8 Å². The number of carboxylic acid groups (broad SMARTS) is 1. The van der Waals surface area contributed by atoms with Crippen molar-refractivity contribution in [2.75, 3.05) is 26.3 Å². The summed E-state index contributed by atoms with van der Waals surface area (Å²) in [5.74, 6) is -1.42. The summed E-state index contributed by atoms with van der Waals surface area (Å²) in [6.07, 6.45) is 1.43. The maximum absolute atomic E-state index is 12.9. The lowest BCUT2D eigenvalue weighted by Crippen LogP contribution is -2.42. The molecule has 0 aliphatic carbocycles. The minimum atomic E-state index is -0.875. The van der Waals surface area contributed by atoms with Crippen LogP contribution in [0.2, 0.25) is 0 Å². The largest absolute Gasteiger partial charge is 0.481 e. The second-order valence-electron chi connectivity index (χ2n) is 5.99. The minimum absolute atomic E-state index is 0.0285. The van der Waals surface area contributed by atoms with Crippen LogP contribution >= 0.6 is 11.8 Å². The lowest BCUT2D eigenvalue weighted by atomic mass is 10.1. The van der Waals surface area contributed by atoms with E-state index >= 15 is 0 Å². The van der Waals surface area contributed by atoms with E-state index in [4.69, 9.17) is 9.84 Å². The van der Waals surface area contributed by atoms with Gasteiger partial charge in [-0.3, -0.25) is 9.59 Å². The smallest absolute Gasteiger partial charge is 0.308 e. The van der Waals surface area contributed by atoms with Gasteiger partial charge >= 0.3 is 5.97 Å². The molecule has 2 atom stereocenters. The number of thioether (sulfide) groups is 1. The molecule has 0 radical (unpaired) electrons. The predicted octanol–water partition coefficient (Wildman–Crippen LogP) is 2.68. The Morgan fingerprint density at radius 1 is 1.42 bits per heavy atom. The molecule has 1 aliphatic heterocycles. The molecule has 0 bridgehead atoms. The van der Waals surface area contributed by atoms with Gasteiger partial charge in [0.15, 0.2) is 0 Å². The van der Waals surface area contributed by atoms with Crippen LogP contribution in [0.3, 0.4) is 0 Å². The molecule has 1 amide bonds. The van der Waals surface area contributed by atoms with Crippen molar-refractivity contribution < 1.29 is 19.4 Å². The minimum Gasteiger partial charge on any atom is -0.481 e. The summed E-state index contributed by atoms with van der Waals surface area (Å²) >= 11 is 1.58. The topological polar surface area (TPSA) is 66.8 Å². The molecule has 1 aliphatic rings. The van der Waals surface area contributed by atoms with E-state index in [0.29, 0.717) is 26.2 Å². The molecule has 2 rings (SSSR count). The Morgan fingerprint density at radius 2 is 2.17 bits per heavy atom. The molecule has 0 aromatic heterocycles. The van der Waals surface area contributed by atoms with Crippen LogP contribution in [-0.4, -0.2) is 53.4 Å². The van der Waals surface area contributed by atoms with Gasteiger partial charge in [0.1, 0.15) is 0 Å². The normalized spacial score (nSPS) is 17.3. The van der Waals surface area contributed by atoms with E-state index in [1.165, 1.54) is 5.56 Å². The van der Waals surface area contributed by atoms with Gasteiger partial charge in [0.05, 0.1) is 11.2 Å². The molecular weight excluding hydrogens is 326 g/mol. The molecule has 5 nitrogen and oxygen atoms in total. The fourth-order valence-corrected chi connectivity index (χ4v) is 4.00. The van der Waals surface area contributed by atoms with Crippen molar-refractivity contribution in [3.63, 3.8) is 0 Å². The van der Waals surface area contributed by atoms with E-state index in [1.54, 1.807) is 23.6 Å². The van der Waals surface area contributed by atoms with Gasteiger partial charge in [-0.15, -0.1) is 11.8 Å². The van der Waals surface area contributed by atoms with Crippen LogP contribution < -0.4 is 0 Å². The molecular formula is C18H25NO4S. The van der Waals surface area contributed by atoms with Gasteiger partial charge in [0, 0.05) is 31.2 Å². The Labute approximate surface area is 147 Å². The van der Waals surface area contributed by atoms with Gasteiger partial charge in [0.2, 0.25) is 5.91 Å². The number of amides is 1. The quantitative estimate of drug-likeness (QED) is 0.693. The zero-order chi connectivity index (χ0) is 17.5. The summed E-state index contributed by atoms with van der Waals surface area (Å²) in [6, 6.07) is 8.05. The number of carbonyl (C=O) groups is 2. The number of nitrogens with zero attached hydrogens (tertiary/aromatic N) is 1. The van der Waals surface area contributed by atoms with Gasteiger partial charge in [-0.25, -0.2) is 0 Å². The molecule has 0 saturated carbocycles. The van der Waals surface area contributed by atoms with Crippen LogP contribution in [0.4, 0.5) is 0 Å². The van der Waals surface area contributed by atoms with Gasteiger partial charge in [-0.2, -0.15) is 0 Å². The summed E-state index contributed by atoms with van der Waals surface area (Å²) in [5.41, 5.74) is 1.20. The summed E-state index contributed by atoms with van der Waals surface area (Å²) in [7, 11) is 0. The first-order valence-corrected chi connectivity index (χ1v) is 9.24. The highest BCUT2D eigenvalue weighted by molar-refractivity contribution is 8.01. The van der Waals surface area contributed by atoms with E-state index in [9.17, 15) is 9.59 Å². The van der Waals surface area contributed by atoms with Gasteiger partial charge in [-0.05, 0) is 31.4 Å². The first kappa shape index (κ1) is 18.8. The highest BCUT2D eigenvalue weighted by Crippen LogP contribution is 2.37. The summed E-state index contributed by atoms with van der Waals surface area (Å²) in [5, 5.41) is 9.00. The number of hydrogen-bond donors (Lipinski definition) is 1. The van der Waals surface area contributed by atoms with Crippen LogP contribution in [0.1, 0.15) is 25.8 Å². The van der Waals surface area contributed by atoms with Gasteiger partial charge in [-0.1, -0.05) is 25.1 Å². The van der Waals surface area contributed by atoms with Crippen LogP contribution in [0, 0.1) is 5.92 Å². The van der Waals surface area contributed by atoms with Crippen molar-refractivity contribution in [3.8, 4) is 0 Å². The van der Waals surface area contributed by atoms with Crippen molar-refractivity contribution in [1.82, 2.24) is 4.90 Å². The highest BCUT2D eigenvalue weighted by atomic mass is 32.2. The molecule has 132 valence electrons. The Morgan fingerprint density at radius 3 is 2.83 bits per heavy atom. The average molecular weight is 351 g/mol. The lowest BCUT2D eigenvalue weighted by molar-refractivity contribution is -0.143. The number of fused-ring (bicyclic) bond motifs is 1. The summed E-state index contributed by atoms with van der Waals surface area (Å²) in [6.45, 7) is 5.58. The number of hydrogen-bond acceptors (Lipinski definition) is 4. The van der Waals surface area contributed by atoms with Crippen LogP contribution in [0.15, 0.2) is 29.2 Å². The summed E-state index contributed by atoms with van der Waals surface area (Å²) in [4.78, 5) is 26.9. The number of carboxylic acids is 1. The maximum atomic E-state index is 12.9. The molecule has 1 aromatic carbocycles. The molecule has 0 fully saturated rings. The van der Waals surface area contributed by atoms with E-state index in [-0.39, 0.29) is 17.7 Å². The zero-order valence-electron chi connectivity index (χ0n) is 14.2. The summed E-state index contributed by atoms with van der Waals surface area (Å²) < 4.78 is 5.33. The van der Waals surface area contributed by atoms with E-state index in [1.807, 2.05) is 25.1 Å². The average Bonchev–Trinajstić information content (AvgIpc) is 3.00. The van der Waals surface area contributed by atoms with E-state index in [0.717, 1.165) is 11.3 Å². The molecule has 6 heteroatoms. The monoisotopic (exact) mass is 351 g/mol. The van der Waals surface area contributed by atoms with Crippen molar-refractivity contribution in [3.05, 3.63) is 29.8 Å². The highest BCUT2D eigenvalue weighted by Gasteiger charge is 2.32. The second kappa shape index (κ2) is 9.08. The molecule has 1 N–H and O–H groups in total. The standard InChI is InChI=1S/C18H25NO4S/c1-3-23-10-6-9-19(12-13(2)18(21)22)17(20)16-11-14-7-4-5-8-15(14)24-16/h4-5,7-8,13,16H,3,6,9-12H2,1-2H3,(H,21,22). The molecule has 2 unspecified atom stereocenters. The Kier molecular flexibility index (Phi) is 7.12. The fraction of sp³-hybridized carbons (Fsp3) is 0.556. The number of carbonyl (C=O) groups excluding carboxylic acids is 1. The Bertz CT molecular complexity index is 553. The first-order chi connectivity index (χ1) is 11.5. The van der Waals surface area contributed by atoms with E-state index < -0.39 is 11.9 Å². The second-order valence-corrected chi connectivity index (χ2v) is 7.24. The first-order valence-electron chi connectivity index (χ1n) is 8.36. The lowest BCUT2D eigenvalue weighted by Gasteiger charge is -2.27. The molecule has 1 heterocycles. The third-order valence-electron chi connectivity index (χ3n) is 4.07. The maximum Gasteiger partial charge on any atom is 0.308 e. The molecule has 24 heavy (non-hydrogen) atoms. The third-order valence-corrected chi connectivity index (χ3v) is 5.38. The fourth-order valence-electron chi connectivity index (χ4n) is 2.73.